The minimum absolute atomic E-state index is 0.0996. The van der Waals surface area contributed by atoms with E-state index in [9.17, 15) is 4.79 Å². The van der Waals surface area contributed by atoms with Crippen molar-refractivity contribution in [3.8, 4) is 5.75 Å². The molecule has 0 bridgehead atoms. The van der Waals surface area contributed by atoms with E-state index < -0.39 is 0 Å². The Kier molecular flexibility index (Phi) is 5.23. The van der Waals surface area contributed by atoms with E-state index in [4.69, 9.17) is 4.74 Å². The van der Waals surface area contributed by atoms with Gasteiger partial charge in [0.15, 0.2) is 0 Å². The normalized spacial score (nSPS) is 16.5. The summed E-state index contributed by atoms with van der Waals surface area (Å²) in [7, 11) is 1.66. The summed E-state index contributed by atoms with van der Waals surface area (Å²) < 4.78 is 5.34. The van der Waals surface area contributed by atoms with Crippen molar-refractivity contribution in [3.63, 3.8) is 0 Å². The van der Waals surface area contributed by atoms with Crippen LogP contribution in [0.3, 0.4) is 0 Å². The second-order valence-electron chi connectivity index (χ2n) is 5.61. The van der Waals surface area contributed by atoms with Crippen LogP contribution in [0.15, 0.2) is 53.4 Å². The second-order valence-corrected chi connectivity index (χ2v) is 6.74. The molecule has 1 unspecified atom stereocenters. The maximum atomic E-state index is 12.3. The molecule has 2 aromatic rings. The smallest absolute Gasteiger partial charge is 0.220 e. The fourth-order valence-corrected chi connectivity index (χ4v) is 4.04. The van der Waals surface area contributed by atoms with Gasteiger partial charge in [-0.2, -0.15) is 0 Å². The minimum Gasteiger partial charge on any atom is -0.496 e. The number of thioether (sulfide) groups is 1. The maximum absolute atomic E-state index is 12.3. The molecule has 4 heteroatoms. The van der Waals surface area contributed by atoms with Gasteiger partial charge in [-0.25, -0.2) is 0 Å². The van der Waals surface area contributed by atoms with E-state index in [1.807, 2.05) is 42.1 Å². The fraction of sp³-hybridized carbons (Fsp3) is 0.316. The Morgan fingerprint density at radius 3 is 2.87 bits per heavy atom. The summed E-state index contributed by atoms with van der Waals surface area (Å²) in [5.41, 5.74) is 2.32. The average molecular weight is 327 g/mol. The second kappa shape index (κ2) is 7.55. The molecule has 0 fully saturated rings. The number of para-hydroxylation sites is 1. The van der Waals surface area contributed by atoms with E-state index >= 15 is 0 Å². The Morgan fingerprint density at radius 1 is 1.22 bits per heavy atom. The Morgan fingerprint density at radius 2 is 2.00 bits per heavy atom. The Labute approximate surface area is 141 Å². The highest BCUT2D eigenvalue weighted by molar-refractivity contribution is 7.99. The van der Waals surface area contributed by atoms with Crippen LogP contribution >= 0.6 is 11.8 Å². The van der Waals surface area contributed by atoms with Crippen molar-refractivity contribution < 1.29 is 9.53 Å². The fourth-order valence-electron chi connectivity index (χ4n) is 2.92. The van der Waals surface area contributed by atoms with E-state index in [1.54, 1.807) is 7.11 Å². The van der Waals surface area contributed by atoms with Crippen molar-refractivity contribution in [2.24, 2.45) is 0 Å². The molecule has 0 spiro atoms. The van der Waals surface area contributed by atoms with Crippen LogP contribution in [-0.2, 0) is 11.2 Å². The largest absolute Gasteiger partial charge is 0.496 e. The number of aryl methyl sites for hydroxylation is 1. The van der Waals surface area contributed by atoms with Gasteiger partial charge in [-0.3, -0.25) is 4.79 Å². The summed E-state index contributed by atoms with van der Waals surface area (Å²) in [6, 6.07) is 16.3. The minimum atomic E-state index is 0.0996. The highest BCUT2D eigenvalue weighted by Gasteiger charge is 2.21. The molecule has 0 saturated carbocycles. The molecule has 120 valence electrons. The van der Waals surface area contributed by atoms with Gasteiger partial charge < -0.3 is 10.1 Å². The van der Waals surface area contributed by atoms with E-state index in [0.717, 1.165) is 23.5 Å². The van der Waals surface area contributed by atoms with Crippen LogP contribution in [0.25, 0.3) is 0 Å². The molecule has 1 aliphatic heterocycles. The van der Waals surface area contributed by atoms with Crippen LogP contribution in [0.5, 0.6) is 5.75 Å². The molecule has 2 aromatic carbocycles. The predicted octanol–water partition coefficient (Wildman–Crippen LogP) is 3.98. The highest BCUT2D eigenvalue weighted by atomic mass is 32.2. The SMILES string of the molecule is COc1ccccc1CCC(=O)NC1CCSc2ccccc21. The first-order valence-corrected chi connectivity index (χ1v) is 8.89. The maximum Gasteiger partial charge on any atom is 0.220 e. The molecule has 1 aliphatic rings. The van der Waals surface area contributed by atoms with Crippen LogP contribution in [0, 0.1) is 0 Å². The Hall–Kier alpha value is -1.94. The van der Waals surface area contributed by atoms with E-state index in [1.165, 1.54) is 10.5 Å². The third kappa shape index (κ3) is 3.88. The quantitative estimate of drug-likeness (QED) is 0.903. The Balaban J connectivity index is 1.60. The lowest BCUT2D eigenvalue weighted by Crippen LogP contribution is -2.30. The number of carbonyl (C=O) groups is 1. The van der Waals surface area contributed by atoms with Crippen LogP contribution in [-0.4, -0.2) is 18.8 Å². The van der Waals surface area contributed by atoms with Crippen molar-refractivity contribution >= 4 is 17.7 Å². The number of rotatable bonds is 5. The van der Waals surface area contributed by atoms with Gasteiger partial charge in [-0.05, 0) is 36.1 Å². The number of hydrogen-bond acceptors (Lipinski definition) is 3. The molecule has 23 heavy (non-hydrogen) atoms. The van der Waals surface area contributed by atoms with E-state index in [-0.39, 0.29) is 11.9 Å². The number of amides is 1. The van der Waals surface area contributed by atoms with Crippen molar-refractivity contribution in [1.29, 1.82) is 0 Å². The summed E-state index contributed by atoms with van der Waals surface area (Å²) in [5.74, 6) is 2.00. The number of nitrogens with one attached hydrogen (secondary N) is 1. The van der Waals surface area contributed by atoms with Gasteiger partial charge in [0.25, 0.3) is 0 Å². The molecular weight excluding hydrogens is 306 g/mol. The van der Waals surface area contributed by atoms with Gasteiger partial charge >= 0.3 is 0 Å². The highest BCUT2D eigenvalue weighted by Crippen LogP contribution is 2.35. The molecule has 3 nitrogen and oxygen atoms in total. The third-order valence-electron chi connectivity index (χ3n) is 4.11. The number of benzene rings is 2. The van der Waals surface area contributed by atoms with Crippen molar-refractivity contribution in [2.45, 2.75) is 30.2 Å². The molecule has 0 saturated heterocycles. The molecule has 0 radical (unpaired) electrons. The lowest BCUT2D eigenvalue weighted by atomic mass is 10.0. The summed E-state index contributed by atoms with van der Waals surface area (Å²) in [6.45, 7) is 0. The van der Waals surface area contributed by atoms with Crippen LogP contribution < -0.4 is 10.1 Å². The number of ether oxygens (including phenoxy) is 1. The lowest BCUT2D eigenvalue weighted by Gasteiger charge is -2.26. The standard InChI is InChI=1S/C19H21NO2S/c1-22-17-8-4-2-6-14(17)10-11-19(21)20-16-12-13-23-18-9-5-3-7-15(16)18/h2-9,16H,10-13H2,1H3,(H,20,21). The van der Waals surface area contributed by atoms with Crippen LogP contribution in [0.2, 0.25) is 0 Å². The molecule has 0 aromatic heterocycles. The van der Waals surface area contributed by atoms with Gasteiger partial charge in [0, 0.05) is 17.1 Å². The van der Waals surface area contributed by atoms with Gasteiger partial charge in [0.1, 0.15) is 5.75 Å². The molecule has 1 N–H and O–H groups in total. The zero-order chi connectivity index (χ0) is 16.1. The third-order valence-corrected chi connectivity index (χ3v) is 5.23. The average Bonchev–Trinajstić information content (AvgIpc) is 2.60. The molecule has 1 atom stereocenters. The van der Waals surface area contributed by atoms with Gasteiger partial charge in [-0.15, -0.1) is 11.8 Å². The first-order chi connectivity index (χ1) is 11.3. The van der Waals surface area contributed by atoms with Crippen LogP contribution in [0.1, 0.15) is 30.0 Å². The molecule has 1 amide bonds. The van der Waals surface area contributed by atoms with Crippen molar-refractivity contribution in [2.75, 3.05) is 12.9 Å². The van der Waals surface area contributed by atoms with Gasteiger partial charge in [-0.1, -0.05) is 36.4 Å². The number of methoxy groups -OCH3 is 1. The van der Waals surface area contributed by atoms with Crippen molar-refractivity contribution in [3.05, 3.63) is 59.7 Å². The topological polar surface area (TPSA) is 38.3 Å². The zero-order valence-corrected chi connectivity index (χ0v) is 14.1. The summed E-state index contributed by atoms with van der Waals surface area (Å²) in [5, 5.41) is 3.19. The van der Waals surface area contributed by atoms with Crippen LogP contribution in [0.4, 0.5) is 0 Å². The number of carbonyl (C=O) groups excluding carboxylic acids is 1. The van der Waals surface area contributed by atoms with Gasteiger partial charge in [0.2, 0.25) is 5.91 Å². The van der Waals surface area contributed by atoms with E-state index in [2.05, 4.69) is 23.5 Å². The first-order valence-electron chi connectivity index (χ1n) is 7.91. The van der Waals surface area contributed by atoms with E-state index in [0.29, 0.717) is 12.8 Å². The zero-order valence-electron chi connectivity index (χ0n) is 13.2. The summed E-state index contributed by atoms with van der Waals surface area (Å²) >= 11 is 1.87. The van der Waals surface area contributed by atoms with Crippen molar-refractivity contribution in [1.82, 2.24) is 5.32 Å². The predicted molar refractivity (Wildman–Crippen MR) is 94.0 cm³/mol. The molecule has 0 aliphatic carbocycles. The number of hydrogen-bond donors (Lipinski definition) is 1. The number of fused-ring (bicyclic) bond motifs is 1. The summed E-state index contributed by atoms with van der Waals surface area (Å²) in [4.78, 5) is 13.6. The lowest BCUT2D eigenvalue weighted by molar-refractivity contribution is -0.121. The monoisotopic (exact) mass is 327 g/mol. The Bertz CT molecular complexity index is 687. The molecule has 3 rings (SSSR count). The van der Waals surface area contributed by atoms with Gasteiger partial charge in [0.05, 0.1) is 13.2 Å². The molecular formula is C19H21NO2S. The first kappa shape index (κ1) is 15.9. The molecule has 1 heterocycles. The summed E-state index contributed by atoms with van der Waals surface area (Å²) in [6.07, 6.45) is 2.16.